The smallest absolute Gasteiger partial charge is 0.663 e. The maximum Gasteiger partial charge on any atom is 4.00 e. The van der Waals surface area contributed by atoms with Gasteiger partial charge in [0, 0.05) is 0 Å². The normalized spacial score (nSPS) is 8.22. The summed E-state index contributed by atoms with van der Waals surface area (Å²) in [4.78, 5) is 0. The molecule has 3 aromatic carbocycles. The van der Waals surface area contributed by atoms with E-state index in [-0.39, 0.29) is 21.7 Å². The average Bonchev–Trinajstić information content (AvgIpc) is 2.66. The standard InChI is InChI=1S/3C7H7.C4H10N.Ti/c3*1-7-5-3-2-4-6-7;1-3-5-4-2;/h3*2-6H,1H2;3-4H2,1-2H3;/q4*-1;+4. The number of hydrogen-bond acceptors (Lipinski definition) is 0. The van der Waals surface area contributed by atoms with Crippen LogP contribution in [-0.4, -0.2) is 13.1 Å². The van der Waals surface area contributed by atoms with Crippen LogP contribution in [0.25, 0.3) is 5.32 Å². The molecule has 0 fully saturated rings. The molecule has 0 amide bonds. The first-order valence-electron chi connectivity index (χ1n) is 8.84. The Morgan fingerprint density at radius 3 is 0.815 bits per heavy atom. The Kier molecular flexibility index (Phi) is 20.4. The van der Waals surface area contributed by atoms with Crippen LogP contribution in [0.1, 0.15) is 30.5 Å². The van der Waals surface area contributed by atoms with Gasteiger partial charge in [-0.1, -0.05) is 32.0 Å². The van der Waals surface area contributed by atoms with Gasteiger partial charge in [-0.05, 0) is 0 Å². The van der Waals surface area contributed by atoms with Crippen molar-refractivity contribution in [3.63, 3.8) is 0 Å². The molecule has 3 rings (SSSR count). The van der Waals surface area contributed by atoms with Gasteiger partial charge in [0.1, 0.15) is 0 Å². The number of rotatable bonds is 2. The summed E-state index contributed by atoms with van der Waals surface area (Å²) in [6.07, 6.45) is 0. The zero-order valence-electron chi connectivity index (χ0n) is 16.6. The van der Waals surface area contributed by atoms with Gasteiger partial charge in [-0.3, -0.25) is 0 Å². The molecule has 0 N–H and O–H groups in total. The van der Waals surface area contributed by atoms with Crippen molar-refractivity contribution >= 4 is 0 Å². The first-order valence-corrected chi connectivity index (χ1v) is 8.84. The Bertz CT molecular complexity index is 533. The van der Waals surface area contributed by atoms with Gasteiger partial charge in [-0.25, -0.2) is 0 Å². The monoisotopic (exact) mass is 393 g/mol. The van der Waals surface area contributed by atoms with Crippen LogP contribution < -0.4 is 0 Å². The topological polar surface area (TPSA) is 14.1 Å². The second-order valence-corrected chi connectivity index (χ2v) is 5.31. The molecule has 0 heterocycles. The minimum Gasteiger partial charge on any atom is -0.663 e. The molecule has 3 aromatic rings. The molecule has 0 radical (unpaired) electrons. The molecule has 0 spiro atoms. The zero-order valence-corrected chi connectivity index (χ0v) is 18.2. The predicted octanol–water partition coefficient (Wildman–Crippen LogP) is 7.00. The molecule has 0 aliphatic heterocycles. The van der Waals surface area contributed by atoms with E-state index in [0.717, 1.165) is 29.8 Å². The summed E-state index contributed by atoms with van der Waals surface area (Å²) in [6.45, 7) is 17.2. The van der Waals surface area contributed by atoms with Gasteiger partial charge in [0.2, 0.25) is 0 Å². The molecular formula is C25H31NTi. The van der Waals surface area contributed by atoms with Crippen LogP contribution in [0.2, 0.25) is 0 Å². The molecule has 0 aromatic heterocycles. The quantitative estimate of drug-likeness (QED) is 0.329. The van der Waals surface area contributed by atoms with E-state index in [9.17, 15) is 0 Å². The molecule has 0 unspecified atom stereocenters. The summed E-state index contributed by atoms with van der Waals surface area (Å²) in [5, 5.41) is 3.97. The molecule has 0 saturated carbocycles. The first-order chi connectivity index (χ1) is 12.6. The van der Waals surface area contributed by atoms with Gasteiger partial charge in [0.15, 0.2) is 0 Å². The maximum atomic E-state index is 3.97. The van der Waals surface area contributed by atoms with Gasteiger partial charge < -0.3 is 5.32 Å². The summed E-state index contributed by atoms with van der Waals surface area (Å²) in [6, 6.07) is 29.6. The number of benzene rings is 3. The Hall–Kier alpha value is -2.06. The van der Waals surface area contributed by atoms with Gasteiger partial charge >= 0.3 is 21.7 Å². The minimum absolute atomic E-state index is 0. The third-order valence-electron chi connectivity index (χ3n) is 2.98. The largest absolute Gasteiger partial charge is 4.00 e. The van der Waals surface area contributed by atoms with Crippen LogP contribution in [0.5, 0.6) is 0 Å². The molecule has 2 heteroatoms. The van der Waals surface area contributed by atoms with E-state index in [1.165, 1.54) is 0 Å². The second-order valence-electron chi connectivity index (χ2n) is 5.31. The van der Waals surface area contributed by atoms with Crippen molar-refractivity contribution in [3.8, 4) is 0 Å². The van der Waals surface area contributed by atoms with Crippen molar-refractivity contribution < 1.29 is 21.7 Å². The molecular weight excluding hydrogens is 362 g/mol. The third-order valence-corrected chi connectivity index (χ3v) is 2.98. The molecule has 0 atom stereocenters. The van der Waals surface area contributed by atoms with Crippen LogP contribution in [-0.2, 0) is 21.7 Å². The van der Waals surface area contributed by atoms with Crippen molar-refractivity contribution in [2.45, 2.75) is 13.8 Å². The van der Waals surface area contributed by atoms with Crippen molar-refractivity contribution in [2.24, 2.45) is 0 Å². The Morgan fingerprint density at radius 2 is 0.741 bits per heavy atom. The summed E-state index contributed by atoms with van der Waals surface area (Å²) in [5.41, 5.74) is 3.22. The third kappa shape index (κ3) is 20.1. The molecule has 0 aliphatic carbocycles. The van der Waals surface area contributed by atoms with Gasteiger partial charge in [-0.2, -0.15) is 86.9 Å². The van der Waals surface area contributed by atoms with E-state index in [1.54, 1.807) is 0 Å². The summed E-state index contributed by atoms with van der Waals surface area (Å²) in [5.74, 6) is 0. The van der Waals surface area contributed by atoms with Crippen molar-refractivity contribution in [3.05, 3.63) is 134 Å². The maximum absolute atomic E-state index is 3.97. The summed E-state index contributed by atoms with van der Waals surface area (Å²) < 4.78 is 0. The van der Waals surface area contributed by atoms with E-state index in [0.29, 0.717) is 0 Å². The summed E-state index contributed by atoms with van der Waals surface area (Å²) >= 11 is 0. The fourth-order valence-corrected chi connectivity index (χ4v) is 1.66. The fraction of sp³-hybridized carbons (Fsp3) is 0.160. The van der Waals surface area contributed by atoms with E-state index >= 15 is 0 Å². The SMILES string of the molecule is CC[N-]CC.[CH2-]c1ccccc1.[CH2-]c1ccccc1.[CH2-]c1ccccc1.[Ti+4]. The Balaban J connectivity index is 0. The van der Waals surface area contributed by atoms with Crippen LogP contribution in [0, 0.1) is 20.8 Å². The fourth-order valence-electron chi connectivity index (χ4n) is 1.66. The van der Waals surface area contributed by atoms with E-state index in [4.69, 9.17) is 0 Å². The van der Waals surface area contributed by atoms with Crippen molar-refractivity contribution in [2.75, 3.05) is 13.1 Å². The van der Waals surface area contributed by atoms with Crippen molar-refractivity contribution in [1.82, 2.24) is 0 Å². The van der Waals surface area contributed by atoms with Crippen LogP contribution in [0.4, 0.5) is 0 Å². The Labute approximate surface area is 182 Å². The Morgan fingerprint density at radius 1 is 0.519 bits per heavy atom. The molecule has 0 aliphatic rings. The van der Waals surface area contributed by atoms with E-state index < -0.39 is 0 Å². The van der Waals surface area contributed by atoms with Gasteiger partial charge in [-0.15, -0.1) is 36.4 Å². The molecule has 27 heavy (non-hydrogen) atoms. The molecule has 1 nitrogen and oxygen atoms in total. The molecule has 140 valence electrons. The average molecular weight is 393 g/mol. The molecule has 0 saturated heterocycles. The summed E-state index contributed by atoms with van der Waals surface area (Å²) in [7, 11) is 0. The minimum atomic E-state index is 0. The van der Waals surface area contributed by atoms with Crippen molar-refractivity contribution in [1.29, 1.82) is 0 Å². The predicted molar refractivity (Wildman–Crippen MR) is 117 cm³/mol. The first kappa shape index (κ1) is 27.2. The number of nitrogens with zero attached hydrogens (tertiary/aromatic N) is 1. The van der Waals surface area contributed by atoms with Crippen LogP contribution in [0.3, 0.4) is 0 Å². The molecule has 0 bridgehead atoms. The zero-order chi connectivity index (χ0) is 19.5. The number of hydrogen-bond donors (Lipinski definition) is 0. The second kappa shape index (κ2) is 20.3. The van der Waals surface area contributed by atoms with E-state index in [1.807, 2.05) is 105 Å². The van der Waals surface area contributed by atoms with Gasteiger partial charge in [0.25, 0.3) is 0 Å². The van der Waals surface area contributed by atoms with E-state index in [2.05, 4.69) is 26.1 Å². The van der Waals surface area contributed by atoms with Gasteiger partial charge in [0.05, 0.1) is 0 Å². The van der Waals surface area contributed by atoms with Crippen LogP contribution >= 0.6 is 0 Å². The van der Waals surface area contributed by atoms with Crippen LogP contribution in [0.15, 0.2) is 91.0 Å².